The molecule has 0 aromatic carbocycles. The minimum Gasteiger partial charge on any atom is -0.480 e. The van der Waals surface area contributed by atoms with Crippen molar-refractivity contribution in [3.8, 4) is 0 Å². The SMILES string of the molecule is C[C@@H](C(=O)O)N1C(=O)/C(=C/c2ccco2)SC1=S. The van der Waals surface area contributed by atoms with Crippen molar-refractivity contribution >= 4 is 46.3 Å². The highest BCUT2D eigenvalue weighted by Gasteiger charge is 2.38. The molecule has 1 N–H and O–H groups in total. The molecule has 7 heteroatoms. The lowest BCUT2D eigenvalue weighted by molar-refractivity contribution is -0.144. The van der Waals surface area contributed by atoms with Gasteiger partial charge in [0.1, 0.15) is 16.1 Å². The van der Waals surface area contributed by atoms with Gasteiger partial charge in [-0.25, -0.2) is 4.79 Å². The maximum Gasteiger partial charge on any atom is 0.326 e. The highest BCUT2D eigenvalue weighted by molar-refractivity contribution is 8.26. The second-order valence-corrected chi connectivity index (χ2v) is 5.26. The van der Waals surface area contributed by atoms with Gasteiger partial charge in [-0.2, -0.15) is 0 Å². The Balaban J connectivity index is 2.27. The number of carbonyl (C=O) groups is 2. The van der Waals surface area contributed by atoms with Gasteiger partial charge in [-0.3, -0.25) is 9.69 Å². The van der Waals surface area contributed by atoms with E-state index in [1.54, 1.807) is 18.2 Å². The third kappa shape index (κ3) is 2.32. The zero-order chi connectivity index (χ0) is 13.3. The van der Waals surface area contributed by atoms with Crippen LogP contribution >= 0.6 is 24.0 Å². The summed E-state index contributed by atoms with van der Waals surface area (Å²) < 4.78 is 5.35. The molecule has 0 aliphatic carbocycles. The summed E-state index contributed by atoms with van der Waals surface area (Å²) in [5, 5.41) is 8.92. The number of carboxylic acids is 1. The first-order valence-corrected chi connectivity index (χ1v) is 6.26. The van der Waals surface area contributed by atoms with Crippen molar-refractivity contribution in [1.82, 2.24) is 4.90 Å². The van der Waals surface area contributed by atoms with Crippen LogP contribution in [0.15, 0.2) is 27.7 Å². The molecule has 0 radical (unpaired) electrons. The van der Waals surface area contributed by atoms with Gasteiger partial charge < -0.3 is 9.52 Å². The van der Waals surface area contributed by atoms with Crippen LogP contribution in [0.4, 0.5) is 0 Å². The van der Waals surface area contributed by atoms with E-state index in [0.29, 0.717) is 10.7 Å². The average Bonchev–Trinajstić information content (AvgIpc) is 2.88. The van der Waals surface area contributed by atoms with E-state index in [1.807, 2.05) is 0 Å². The standard InChI is InChI=1S/C11H9NO4S2/c1-6(10(14)15)12-9(13)8(18-11(12)17)5-7-3-2-4-16-7/h2-6H,1H3,(H,14,15)/b8-5-/t6-/m0/s1. The monoisotopic (exact) mass is 283 g/mol. The van der Waals surface area contributed by atoms with Gasteiger partial charge in [-0.1, -0.05) is 24.0 Å². The molecular formula is C11H9NO4S2. The molecule has 94 valence electrons. The fourth-order valence-corrected chi connectivity index (χ4v) is 2.83. The van der Waals surface area contributed by atoms with Crippen molar-refractivity contribution in [2.24, 2.45) is 0 Å². The molecule has 0 bridgehead atoms. The molecule has 1 aliphatic rings. The van der Waals surface area contributed by atoms with E-state index in [-0.39, 0.29) is 4.32 Å². The molecular weight excluding hydrogens is 274 g/mol. The van der Waals surface area contributed by atoms with Gasteiger partial charge in [-0.15, -0.1) is 0 Å². The minimum atomic E-state index is -1.09. The Morgan fingerprint density at radius 3 is 2.94 bits per heavy atom. The highest BCUT2D eigenvalue weighted by atomic mass is 32.2. The molecule has 1 atom stereocenters. The van der Waals surface area contributed by atoms with Gasteiger partial charge in [0.05, 0.1) is 11.2 Å². The van der Waals surface area contributed by atoms with E-state index in [2.05, 4.69) is 0 Å². The van der Waals surface area contributed by atoms with Gasteiger partial charge in [0.15, 0.2) is 0 Å². The first kappa shape index (κ1) is 12.8. The highest BCUT2D eigenvalue weighted by Crippen LogP contribution is 2.33. The van der Waals surface area contributed by atoms with Crippen LogP contribution in [0.1, 0.15) is 12.7 Å². The average molecular weight is 283 g/mol. The Bertz CT molecular complexity index is 535. The Hall–Kier alpha value is -1.60. The third-order valence-electron chi connectivity index (χ3n) is 2.38. The molecule has 1 aliphatic heterocycles. The number of thiocarbonyl (C=S) groups is 1. The lowest BCUT2D eigenvalue weighted by Crippen LogP contribution is -2.41. The normalized spacial score (nSPS) is 19.6. The topological polar surface area (TPSA) is 70.8 Å². The smallest absolute Gasteiger partial charge is 0.326 e. The van der Waals surface area contributed by atoms with Gasteiger partial charge in [0.25, 0.3) is 5.91 Å². The summed E-state index contributed by atoms with van der Waals surface area (Å²) in [6, 6.07) is 2.43. The van der Waals surface area contributed by atoms with Gasteiger partial charge in [-0.05, 0) is 19.1 Å². The maximum atomic E-state index is 12.0. The number of furan rings is 1. The molecule has 0 spiro atoms. The van der Waals surface area contributed by atoms with Crippen LogP contribution in [0.3, 0.4) is 0 Å². The summed E-state index contributed by atoms with van der Waals surface area (Å²) in [6.45, 7) is 1.42. The van der Waals surface area contributed by atoms with E-state index in [1.165, 1.54) is 13.2 Å². The van der Waals surface area contributed by atoms with Gasteiger partial charge in [0.2, 0.25) is 0 Å². The predicted octanol–water partition coefficient (Wildman–Crippen LogP) is 1.95. The van der Waals surface area contributed by atoms with Crippen LogP contribution in [-0.2, 0) is 9.59 Å². The number of hydrogen-bond acceptors (Lipinski definition) is 5. The molecule has 1 aromatic heterocycles. The van der Waals surface area contributed by atoms with Crippen LogP contribution in [-0.4, -0.2) is 32.2 Å². The summed E-state index contributed by atoms with van der Waals surface area (Å²) in [5.41, 5.74) is 0. The molecule has 2 rings (SSSR count). The van der Waals surface area contributed by atoms with Crippen molar-refractivity contribution in [3.05, 3.63) is 29.1 Å². The second-order valence-electron chi connectivity index (χ2n) is 3.58. The van der Waals surface area contributed by atoms with Crippen LogP contribution in [0.5, 0.6) is 0 Å². The number of carboxylic acid groups (broad SMARTS) is 1. The molecule has 0 unspecified atom stereocenters. The Morgan fingerprint density at radius 1 is 1.67 bits per heavy atom. The van der Waals surface area contributed by atoms with E-state index >= 15 is 0 Å². The maximum absolute atomic E-state index is 12.0. The molecule has 18 heavy (non-hydrogen) atoms. The van der Waals surface area contributed by atoms with Crippen LogP contribution in [0.2, 0.25) is 0 Å². The number of amides is 1. The number of thioether (sulfide) groups is 1. The molecule has 1 fully saturated rings. The number of hydrogen-bond donors (Lipinski definition) is 1. The summed E-state index contributed by atoms with van der Waals surface area (Å²) >= 11 is 6.09. The number of nitrogens with zero attached hydrogens (tertiary/aromatic N) is 1. The minimum absolute atomic E-state index is 0.243. The summed E-state index contributed by atoms with van der Waals surface area (Å²) in [7, 11) is 0. The first-order chi connectivity index (χ1) is 8.50. The Kier molecular flexibility index (Phi) is 3.53. The third-order valence-corrected chi connectivity index (χ3v) is 3.72. The molecule has 1 aromatic rings. The van der Waals surface area contributed by atoms with Crippen molar-refractivity contribution in [3.63, 3.8) is 0 Å². The molecule has 0 saturated carbocycles. The number of carbonyl (C=O) groups excluding carboxylic acids is 1. The van der Waals surface area contributed by atoms with Crippen molar-refractivity contribution < 1.29 is 19.1 Å². The van der Waals surface area contributed by atoms with Gasteiger partial charge >= 0.3 is 5.97 Å². The zero-order valence-electron chi connectivity index (χ0n) is 9.32. The van der Waals surface area contributed by atoms with E-state index < -0.39 is 17.9 Å². The number of aliphatic carboxylic acids is 1. The van der Waals surface area contributed by atoms with Crippen molar-refractivity contribution in [1.29, 1.82) is 0 Å². The first-order valence-electron chi connectivity index (χ1n) is 5.04. The Labute approximate surface area is 112 Å². The van der Waals surface area contributed by atoms with Gasteiger partial charge in [0, 0.05) is 6.08 Å². The lowest BCUT2D eigenvalue weighted by atomic mass is 10.3. The van der Waals surface area contributed by atoms with Crippen LogP contribution in [0, 0.1) is 0 Å². The lowest BCUT2D eigenvalue weighted by Gasteiger charge is -2.18. The zero-order valence-corrected chi connectivity index (χ0v) is 11.0. The predicted molar refractivity (Wildman–Crippen MR) is 70.8 cm³/mol. The van der Waals surface area contributed by atoms with E-state index in [0.717, 1.165) is 16.7 Å². The van der Waals surface area contributed by atoms with E-state index in [4.69, 9.17) is 21.7 Å². The van der Waals surface area contributed by atoms with Crippen molar-refractivity contribution in [2.75, 3.05) is 0 Å². The molecule has 1 amide bonds. The summed E-state index contributed by atoms with van der Waals surface area (Å²) in [5.74, 6) is -0.972. The fraction of sp³-hybridized carbons (Fsp3) is 0.182. The van der Waals surface area contributed by atoms with E-state index in [9.17, 15) is 9.59 Å². The fourth-order valence-electron chi connectivity index (χ4n) is 1.43. The van der Waals surface area contributed by atoms with Crippen LogP contribution < -0.4 is 0 Å². The second kappa shape index (κ2) is 4.95. The summed E-state index contributed by atoms with van der Waals surface area (Å²) in [4.78, 5) is 24.4. The number of rotatable bonds is 3. The summed E-state index contributed by atoms with van der Waals surface area (Å²) in [6.07, 6.45) is 3.04. The molecule has 5 nitrogen and oxygen atoms in total. The quantitative estimate of drug-likeness (QED) is 0.675. The largest absolute Gasteiger partial charge is 0.480 e. The van der Waals surface area contributed by atoms with Crippen LogP contribution in [0.25, 0.3) is 6.08 Å². The Morgan fingerprint density at radius 2 is 2.39 bits per heavy atom. The van der Waals surface area contributed by atoms with Crippen molar-refractivity contribution in [2.45, 2.75) is 13.0 Å². The molecule has 1 saturated heterocycles. The molecule has 2 heterocycles.